The van der Waals surface area contributed by atoms with Gasteiger partial charge in [0.05, 0.1) is 18.4 Å². The molecule has 4 rings (SSSR count). The molecular formula is C21H26FN3O4. The summed E-state index contributed by atoms with van der Waals surface area (Å²) in [7, 11) is 0. The maximum absolute atomic E-state index is 13.8. The molecule has 1 aromatic rings. The van der Waals surface area contributed by atoms with Crippen LogP contribution in [0.3, 0.4) is 0 Å². The van der Waals surface area contributed by atoms with Crippen LogP contribution >= 0.6 is 0 Å². The van der Waals surface area contributed by atoms with Gasteiger partial charge < -0.3 is 9.64 Å². The third-order valence-corrected chi connectivity index (χ3v) is 6.22. The third-order valence-electron chi connectivity index (χ3n) is 6.22. The fourth-order valence-corrected chi connectivity index (χ4v) is 4.69. The second-order valence-corrected chi connectivity index (χ2v) is 8.09. The molecule has 0 aromatic carbocycles. The number of aromatic nitrogens is 1. The van der Waals surface area contributed by atoms with Crippen molar-refractivity contribution < 1.29 is 23.5 Å². The molecule has 0 N–H and O–H groups in total. The number of pyridine rings is 1. The van der Waals surface area contributed by atoms with Gasteiger partial charge in [0.2, 0.25) is 17.7 Å². The van der Waals surface area contributed by atoms with Crippen LogP contribution in [0, 0.1) is 17.7 Å². The Morgan fingerprint density at radius 1 is 1.14 bits per heavy atom. The monoisotopic (exact) mass is 403 g/mol. The molecule has 2 aliphatic heterocycles. The number of likely N-dealkylation sites (tertiary alicyclic amines) is 2. The van der Waals surface area contributed by atoms with Crippen molar-refractivity contribution in [2.75, 3.05) is 19.6 Å². The Bertz CT molecular complexity index is 778. The van der Waals surface area contributed by atoms with E-state index in [1.54, 1.807) is 4.90 Å². The lowest BCUT2D eigenvalue weighted by Crippen LogP contribution is -2.45. The van der Waals surface area contributed by atoms with Crippen LogP contribution in [-0.2, 0) is 14.4 Å². The van der Waals surface area contributed by atoms with E-state index < -0.39 is 5.82 Å². The maximum atomic E-state index is 13.8. The predicted molar refractivity (Wildman–Crippen MR) is 101 cm³/mol. The predicted octanol–water partition coefficient (Wildman–Crippen LogP) is 2.16. The molecule has 29 heavy (non-hydrogen) atoms. The van der Waals surface area contributed by atoms with Crippen molar-refractivity contribution in [3.05, 3.63) is 24.1 Å². The summed E-state index contributed by atoms with van der Waals surface area (Å²) in [6, 6.07) is 2.78. The standard InChI is InChI=1S/C21H26FN3O4/c22-17-8-3-10-23-19(17)29-14-5-4-11-24(13-14)18(26)9-12-25-20(27)15-6-1-2-7-16(15)21(25)28/h3,8,10,14-16H,1-2,4-7,9,11-13H2/t14-,15-,16-/m1/s1. The van der Waals surface area contributed by atoms with E-state index in [-0.39, 0.29) is 54.5 Å². The van der Waals surface area contributed by atoms with Crippen molar-refractivity contribution in [2.24, 2.45) is 11.8 Å². The molecule has 1 aliphatic carbocycles. The Morgan fingerprint density at radius 2 is 1.86 bits per heavy atom. The number of piperidine rings is 1. The van der Waals surface area contributed by atoms with E-state index in [1.165, 1.54) is 23.2 Å². The van der Waals surface area contributed by atoms with Gasteiger partial charge in [0.1, 0.15) is 6.10 Å². The SMILES string of the molecule is O=C(CCN1C(=O)[C@@H]2CCCC[C@H]2C1=O)N1CCC[C@@H](Oc2ncccc2F)C1. The summed E-state index contributed by atoms with van der Waals surface area (Å²) in [5.74, 6) is -1.29. The average molecular weight is 403 g/mol. The molecular weight excluding hydrogens is 377 g/mol. The van der Waals surface area contributed by atoms with Crippen molar-refractivity contribution in [1.82, 2.24) is 14.8 Å². The molecule has 3 fully saturated rings. The average Bonchev–Trinajstić information content (AvgIpc) is 2.98. The normalized spacial score (nSPS) is 27.1. The summed E-state index contributed by atoms with van der Waals surface area (Å²) < 4.78 is 19.4. The highest BCUT2D eigenvalue weighted by Crippen LogP contribution is 2.38. The van der Waals surface area contributed by atoms with Crippen molar-refractivity contribution in [2.45, 2.75) is 51.0 Å². The lowest BCUT2D eigenvalue weighted by atomic mass is 9.81. The molecule has 8 heteroatoms. The van der Waals surface area contributed by atoms with Gasteiger partial charge in [-0.25, -0.2) is 9.37 Å². The molecule has 3 amide bonds. The quantitative estimate of drug-likeness (QED) is 0.704. The van der Waals surface area contributed by atoms with Crippen LogP contribution in [0.5, 0.6) is 5.88 Å². The number of amides is 3. The zero-order valence-corrected chi connectivity index (χ0v) is 16.4. The van der Waals surface area contributed by atoms with Crippen LogP contribution < -0.4 is 4.74 Å². The van der Waals surface area contributed by atoms with E-state index in [4.69, 9.17) is 4.74 Å². The minimum Gasteiger partial charge on any atom is -0.470 e. The number of hydrogen-bond acceptors (Lipinski definition) is 5. The number of imide groups is 1. The fraction of sp³-hybridized carbons (Fsp3) is 0.619. The number of rotatable bonds is 5. The summed E-state index contributed by atoms with van der Waals surface area (Å²) in [5.41, 5.74) is 0. The van der Waals surface area contributed by atoms with Gasteiger partial charge in [-0.15, -0.1) is 0 Å². The fourth-order valence-electron chi connectivity index (χ4n) is 4.69. The third kappa shape index (κ3) is 4.11. The van der Waals surface area contributed by atoms with Gasteiger partial charge in [-0.05, 0) is 37.8 Å². The Labute approximate surface area is 169 Å². The number of halogens is 1. The number of hydrogen-bond donors (Lipinski definition) is 0. The molecule has 2 saturated heterocycles. The highest BCUT2D eigenvalue weighted by atomic mass is 19.1. The molecule has 3 atom stereocenters. The Morgan fingerprint density at radius 3 is 2.55 bits per heavy atom. The number of carbonyl (C=O) groups excluding carboxylic acids is 3. The highest BCUT2D eigenvalue weighted by Gasteiger charge is 2.47. The first-order valence-corrected chi connectivity index (χ1v) is 10.4. The Kier molecular flexibility index (Phi) is 5.78. The topological polar surface area (TPSA) is 79.8 Å². The van der Waals surface area contributed by atoms with E-state index in [0.29, 0.717) is 19.5 Å². The molecule has 0 bridgehead atoms. The smallest absolute Gasteiger partial charge is 0.250 e. The highest BCUT2D eigenvalue weighted by molar-refractivity contribution is 6.05. The molecule has 156 valence electrons. The van der Waals surface area contributed by atoms with E-state index in [0.717, 1.165) is 32.1 Å². The number of nitrogens with zero attached hydrogens (tertiary/aromatic N) is 3. The molecule has 3 aliphatic rings. The molecule has 0 radical (unpaired) electrons. The van der Waals surface area contributed by atoms with Crippen LogP contribution in [0.4, 0.5) is 4.39 Å². The van der Waals surface area contributed by atoms with Crippen LogP contribution in [-0.4, -0.2) is 58.2 Å². The summed E-state index contributed by atoms with van der Waals surface area (Å²) in [6.45, 7) is 1.08. The first-order valence-electron chi connectivity index (χ1n) is 10.4. The van der Waals surface area contributed by atoms with Gasteiger partial charge in [-0.1, -0.05) is 12.8 Å². The minimum absolute atomic E-state index is 0.0531. The van der Waals surface area contributed by atoms with Crippen molar-refractivity contribution in [3.63, 3.8) is 0 Å². The van der Waals surface area contributed by atoms with Gasteiger partial charge in [-0.2, -0.15) is 0 Å². The van der Waals surface area contributed by atoms with Crippen molar-refractivity contribution in [1.29, 1.82) is 0 Å². The number of ether oxygens (including phenoxy) is 1. The van der Waals surface area contributed by atoms with Gasteiger partial charge in [-0.3, -0.25) is 19.3 Å². The van der Waals surface area contributed by atoms with Gasteiger partial charge in [0.25, 0.3) is 5.88 Å². The zero-order valence-electron chi connectivity index (χ0n) is 16.4. The molecule has 0 unspecified atom stereocenters. The summed E-state index contributed by atoms with van der Waals surface area (Å²) in [4.78, 5) is 44.6. The second kappa shape index (κ2) is 8.47. The lowest BCUT2D eigenvalue weighted by molar-refractivity contribution is -0.141. The van der Waals surface area contributed by atoms with Crippen LogP contribution in [0.15, 0.2) is 18.3 Å². The van der Waals surface area contributed by atoms with E-state index in [2.05, 4.69) is 4.98 Å². The van der Waals surface area contributed by atoms with Crippen molar-refractivity contribution >= 4 is 17.7 Å². The van der Waals surface area contributed by atoms with Crippen LogP contribution in [0.2, 0.25) is 0 Å². The molecule has 1 aromatic heterocycles. The Hall–Kier alpha value is -2.51. The van der Waals surface area contributed by atoms with Gasteiger partial charge in [0, 0.05) is 25.7 Å². The van der Waals surface area contributed by atoms with Gasteiger partial charge >= 0.3 is 0 Å². The molecule has 0 spiro atoms. The van der Waals surface area contributed by atoms with Crippen LogP contribution in [0.25, 0.3) is 0 Å². The van der Waals surface area contributed by atoms with E-state index in [1.807, 2.05) is 0 Å². The summed E-state index contributed by atoms with van der Waals surface area (Å²) in [6.07, 6.45) is 6.23. The second-order valence-electron chi connectivity index (χ2n) is 8.09. The molecule has 3 heterocycles. The number of carbonyl (C=O) groups is 3. The van der Waals surface area contributed by atoms with Crippen LogP contribution in [0.1, 0.15) is 44.9 Å². The van der Waals surface area contributed by atoms with E-state index >= 15 is 0 Å². The zero-order chi connectivity index (χ0) is 20.4. The molecule has 1 saturated carbocycles. The van der Waals surface area contributed by atoms with Crippen molar-refractivity contribution in [3.8, 4) is 5.88 Å². The summed E-state index contributed by atoms with van der Waals surface area (Å²) >= 11 is 0. The maximum Gasteiger partial charge on any atom is 0.250 e. The first kappa shape index (κ1) is 19.8. The number of fused-ring (bicyclic) bond motifs is 1. The minimum atomic E-state index is -0.525. The summed E-state index contributed by atoms with van der Waals surface area (Å²) in [5, 5.41) is 0. The van der Waals surface area contributed by atoms with Gasteiger partial charge in [0.15, 0.2) is 5.82 Å². The first-order chi connectivity index (χ1) is 14.0. The lowest BCUT2D eigenvalue weighted by Gasteiger charge is -2.33. The molecule has 7 nitrogen and oxygen atoms in total. The van der Waals surface area contributed by atoms with E-state index in [9.17, 15) is 18.8 Å². The largest absolute Gasteiger partial charge is 0.470 e. The Balaban J connectivity index is 1.31.